The molecule has 0 aliphatic rings. The van der Waals surface area contributed by atoms with Crippen molar-refractivity contribution in [2.75, 3.05) is 18.5 Å². The van der Waals surface area contributed by atoms with Gasteiger partial charge in [0, 0.05) is 12.2 Å². The van der Waals surface area contributed by atoms with Gasteiger partial charge in [0.25, 0.3) is 5.56 Å². The molecule has 1 unspecified atom stereocenters. The van der Waals surface area contributed by atoms with E-state index in [1.54, 1.807) is 46.7 Å². The number of ether oxygens (including phenoxy) is 1. The Balaban J connectivity index is 1.74. The van der Waals surface area contributed by atoms with E-state index in [0.717, 1.165) is 16.8 Å². The molecule has 0 saturated heterocycles. The fourth-order valence-corrected chi connectivity index (χ4v) is 4.67. The summed E-state index contributed by atoms with van der Waals surface area (Å²) in [4.78, 5) is 45.9. The number of hydrogen-bond acceptors (Lipinski definition) is 5. The third-order valence-electron chi connectivity index (χ3n) is 6.61. The van der Waals surface area contributed by atoms with Crippen LogP contribution in [0, 0.1) is 13.8 Å². The number of benzene rings is 3. The predicted octanol–water partition coefficient (Wildman–Crippen LogP) is 6.18. The van der Waals surface area contributed by atoms with Crippen molar-refractivity contribution in [1.29, 1.82) is 0 Å². The first-order valence-corrected chi connectivity index (χ1v) is 13.2. The summed E-state index contributed by atoms with van der Waals surface area (Å²) in [7, 11) is 0. The summed E-state index contributed by atoms with van der Waals surface area (Å²) in [5.41, 5.74) is 4.12. The smallest absolute Gasteiger partial charge is 0.338 e. The Hall–Kier alpha value is -4.46. The minimum atomic E-state index is -0.526. The fraction of sp³-hybridized carbons (Fsp3) is 0.290. The van der Waals surface area contributed by atoms with Crippen LogP contribution in [0.2, 0.25) is 0 Å². The van der Waals surface area contributed by atoms with Gasteiger partial charge in [-0.25, -0.2) is 14.6 Å². The highest BCUT2D eigenvalue weighted by molar-refractivity contribution is 5.92. The zero-order valence-corrected chi connectivity index (χ0v) is 23.0. The van der Waals surface area contributed by atoms with Crippen LogP contribution in [0.25, 0.3) is 16.6 Å². The molecule has 0 aliphatic heterocycles. The number of nitrogens with zero attached hydrogens (tertiary/aromatic N) is 3. The van der Waals surface area contributed by atoms with Crippen LogP contribution in [0.15, 0.2) is 71.5 Å². The van der Waals surface area contributed by atoms with E-state index in [-0.39, 0.29) is 18.2 Å². The van der Waals surface area contributed by atoms with Crippen molar-refractivity contribution >= 4 is 28.6 Å². The van der Waals surface area contributed by atoms with E-state index in [2.05, 4.69) is 5.32 Å². The lowest BCUT2D eigenvalue weighted by Crippen LogP contribution is -2.40. The van der Waals surface area contributed by atoms with Crippen LogP contribution in [0.1, 0.15) is 60.5 Å². The molecule has 0 saturated carbocycles. The Labute approximate surface area is 228 Å². The zero-order valence-electron chi connectivity index (χ0n) is 23.0. The maximum Gasteiger partial charge on any atom is 0.338 e. The van der Waals surface area contributed by atoms with E-state index in [1.165, 1.54) is 0 Å². The molecule has 0 radical (unpaired) electrons. The molecule has 8 nitrogen and oxygen atoms in total. The number of hydrogen-bond donors (Lipinski definition) is 1. The lowest BCUT2D eigenvalue weighted by molar-refractivity contribution is 0.0526. The number of rotatable bonds is 8. The largest absolute Gasteiger partial charge is 0.462 e. The number of para-hydroxylation sites is 1. The van der Waals surface area contributed by atoms with Gasteiger partial charge in [-0.3, -0.25) is 9.36 Å². The van der Waals surface area contributed by atoms with Crippen molar-refractivity contribution in [2.45, 2.75) is 47.1 Å². The van der Waals surface area contributed by atoms with Crippen molar-refractivity contribution < 1.29 is 14.3 Å². The molecule has 1 N–H and O–H groups in total. The maximum absolute atomic E-state index is 13.8. The molecule has 202 valence electrons. The number of carbonyl (C=O) groups excluding carboxylic acids is 2. The molecule has 0 bridgehead atoms. The molecule has 4 rings (SSSR count). The Morgan fingerprint density at radius 1 is 1.03 bits per heavy atom. The molecular formula is C31H34N4O4. The highest BCUT2D eigenvalue weighted by Gasteiger charge is 2.27. The second-order valence-corrected chi connectivity index (χ2v) is 9.51. The molecule has 1 aromatic heterocycles. The number of fused-ring (bicyclic) bond motifs is 1. The zero-order chi connectivity index (χ0) is 28.1. The van der Waals surface area contributed by atoms with Gasteiger partial charge < -0.3 is 15.0 Å². The van der Waals surface area contributed by atoms with E-state index in [0.29, 0.717) is 40.9 Å². The normalized spacial score (nSPS) is 11.7. The Kier molecular flexibility index (Phi) is 8.44. The number of anilines is 1. The van der Waals surface area contributed by atoms with Gasteiger partial charge in [-0.05, 0) is 82.1 Å². The number of amides is 2. The summed E-state index contributed by atoms with van der Waals surface area (Å²) >= 11 is 0. The van der Waals surface area contributed by atoms with E-state index < -0.39 is 12.0 Å². The third kappa shape index (κ3) is 5.85. The van der Waals surface area contributed by atoms with Gasteiger partial charge in [0.2, 0.25) is 0 Å². The standard InChI is InChI=1S/C31H34N4O4/c1-6-18-34(31(38)32-24-15-13-23(14-16-24)30(37)39-7-2)22(5)28-33-26-11-9-8-10-25(26)29(36)35(28)27-17-12-20(3)19-21(27)4/h8-17,19,22H,6-7,18H2,1-5H3,(H,32,38). The van der Waals surface area contributed by atoms with Crippen LogP contribution in [0.5, 0.6) is 0 Å². The van der Waals surface area contributed by atoms with E-state index >= 15 is 0 Å². The number of aryl methyl sites for hydroxylation is 2. The summed E-state index contributed by atoms with van der Waals surface area (Å²) in [6, 6.07) is 18.9. The topological polar surface area (TPSA) is 93.5 Å². The lowest BCUT2D eigenvalue weighted by atomic mass is 10.1. The van der Waals surface area contributed by atoms with Crippen molar-refractivity contribution in [1.82, 2.24) is 14.5 Å². The van der Waals surface area contributed by atoms with E-state index in [9.17, 15) is 14.4 Å². The van der Waals surface area contributed by atoms with Crippen LogP contribution in [-0.2, 0) is 4.74 Å². The quantitative estimate of drug-likeness (QED) is 0.277. The summed E-state index contributed by atoms with van der Waals surface area (Å²) < 4.78 is 6.66. The van der Waals surface area contributed by atoms with Gasteiger partial charge >= 0.3 is 12.0 Å². The molecule has 0 fully saturated rings. The molecule has 4 aromatic rings. The average molecular weight is 527 g/mol. The number of aromatic nitrogens is 2. The SMILES string of the molecule is CCCN(C(=O)Nc1ccc(C(=O)OCC)cc1)C(C)c1nc2ccccc2c(=O)n1-c1ccc(C)cc1C. The Morgan fingerprint density at radius 2 is 1.74 bits per heavy atom. The number of urea groups is 1. The monoisotopic (exact) mass is 526 g/mol. The first-order chi connectivity index (χ1) is 18.7. The third-order valence-corrected chi connectivity index (χ3v) is 6.61. The van der Waals surface area contributed by atoms with Gasteiger partial charge in [-0.15, -0.1) is 0 Å². The molecule has 39 heavy (non-hydrogen) atoms. The predicted molar refractivity (Wildman–Crippen MR) is 154 cm³/mol. The van der Waals surface area contributed by atoms with Crippen molar-refractivity contribution in [3.05, 3.63) is 99.6 Å². The number of esters is 1. The summed E-state index contributed by atoms with van der Waals surface area (Å²) in [5.74, 6) is 0.0651. The van der Waals surface area contributed by atoms with Crippen LogP contribution in [0.3, 0.4) is 0 Å². The fourth-order valence-electron chi connectivity index (χ4n) is 4.67. The summed E-state index contributed by atoms with van der Waals surface area (Å²) in [6.07, 6.45) is 0.709. The number of nitrogens with one attached hydrogen (secondary N) is 1. The average Bonchev–Trinajstić information content (AvgIpc) is 2.92. The lowest BCUT2D eigenvalue weighted by Gasteiger charge is -2.30. The molecule has 1 heterocycles. The first kappa shape index (κ1) is 27.6. The molecule has 0 aliphatic carbocycles. The molecule has 0 spiro atoms. The molecule has 1 atom stereocenters. The van der Waals surface area contributed by atoms with Crippen LogP contribution < -0.4 is 10.9 Å². The Bertz CT molecular complexity index is 1560. The maximum atomic E-state index is 13.8. The molecule has 2 amide bonds. The molecular weight excluding hydrogens is 492 g/mol. The van der Waals surface area contributed by atoms with Gasteiger partial charge in [0.15, 0.2) is 0 Å². The second-order valence-electron chi connectivity index (χ2n) is 9.51. The van der Waals surface area contributed by atoms with Gasteiger partial charge in [-0.1, -0.05) is 36.8 Å². The summed E-state index contributed by atoms with van der Waals surface area (Å²) in [6.45, 7) is 10.3. The van der Waals surface area contributed by atoms with Gasteiger partial charge in [0.1, 0.15) is 5.82 Å². The van der Waals surface area contributed by atoms with Gasteiger partial charge in [0.05, 0.1) is 34.8 Å². The highest BCUT2D eigenvalue weighted by Crippen LogP contribution is 2.26. The van der Waals surface area contributed by atoms with Crippen molar-refractivity contribution in [2.24, 2.45) is 0 Å². The van der Waals surface area contributed by atoms with Crippen LogP contribution in [0.4, 0.5) is 10.5 Å². The minimum Gasteiger partial charge on any atom is -0.462 e. The van der Waals surface area contributed by atoms with Crippen LogP contribution in [-0.4, -0.2) is 39.6 Å². The summed E-state index contributed by atoms with van der Waals surface area (Å²) in [5, 5.41) is 3.44. The second kappa shape index (κ2) is 11.9. The highest BCUT2D eigenvalue weighted by atomic mass is 16.5. The first-order valence-electron chi connectivity index (χ1n) is 13.2. The van der Waals surface area contributed by atoms with E-state index in [1.807, 2.05) is 64.1 Å². The number of carbonyl (C=O) groups is 2. The Morgan fingerprint density at radius 3 is 2.41 bits per heavy atom. The molecule has 8 heteroatoms. The van der Waals surface area contributed by atoms with Gasteiger partial charge in [-0.2, -0.15) is 0 Å². The minimum absolute atomic E-state index is 0.180. The van der Waals surface area contributed by atoms with Crippen LogP contribution >= 0.6 is 0 Å². The van der Waals surface area contributed by atoms with E-state index in [4.69, 9.17) is 9.72 Å². The molecule has 3 aromatic carbocycles. The van der Waals surface area contributed by atoms with Crippen molar-refractivity contribution in [3.8, 4) is 5.69 Å². The van der Waals surface area contributed by atoms with Crippen molar-refractivity contribution in [3.63, 3.8) is 0 Å².